The molecule has 1 saturated heterocycles. The standard InChI is InChI=1S/C17H19NO4S/c1-13-7-9-15(10-8-13)23(20,21)18-16(11-19)17(18)22-12-14-5-3-2-4-6-14/h2-10,16-17,19H,11-12H2,1H3/t16-,17-,18?/m1/s1. The molecular weight excluding hydrogens is 314 g/mol. The molecule has 1 aliphatic rings. The molecule has 1 unspecified atom stereocenters. The van der Waals surface area contributed by atoms with E-state index in [1.54, 1.807) is 24.3 Å². The number of benzene rings is 2. The average molecular weight is 333 g/mol. The highest BCUT2D eigenvalue weighted by Gasteiger charge is 2.56. The number of hydrogen-bond donors (Lipinski definition) is 1. The topological polar surface area (TPSA) is 66.6 Å². The van der Waals surface area contributed by atoms with E-state index in [2.05, 4.69) is 0 Å². The number of aliphatic hydroxyl groups excluding tert-OH is 1. The Hall–Kier alpha value is -1.73. The minimum Gasteiger partial charge on any atom is -0.395 e. The molecule has 0 amide bonds. The summed E-state index contributed by atoms with van der Waals surface area (Å²) in [7, 11) is -3.65. The first-order chi connectivity index (χ1) is 11.0. The molecule has 1 heterocycles. The lowest BCUT2D eigenvalue weighted by Gasteiger charge is -2.07. The van der Waals surface area contributed by atoms with Crippen LogP contribution >= 0.6 is 0 Å². The highest BCUT2D eigenvalue weighted by atomic mass is 32.2. The van der Waals surface area contributed by atoms with Gasteiger partial charge < -0.3 is 9.84 Å². The van der Waals surface area contributed by atoms with Gasteiger partial charge in [-0.05, 0) is 24.6 Å². The molecule has 2 aromatic carbocycles. The van der Waals surface area contributed by atoms with Gasteiger partial charge in [-0.3, -0.25) is 0 Å². The van der Waals surface area contributed by atoms with Crippen molar-refractivity contribution in [1.29, 1.82) is 0 Å². The first-order valence-corrected chi connectivity index (χ1v) is 8.84. The Morgan fingerprint density at radius 2 is 1.74 bits per heavy atom. The van der Waals surface area contributed by atoms with E-state index in [1.807, 2.05) is 37.3 Å². The van der Waals surface area contributed by atoms with Crippen molar-refractivity contribution in [3.8, 4) is 0 Å². The molecule has 122 valence electrons. The second-order valence-electron chi connectivity index (χ2n) is 5.59. The first kappa shape index (κ1) is 16.1. The summed E-state index contributed by atoms with van der Waals surface area (Å²) in [6, 6.07) is 15.7. The number of hydrogen-bond acceptors (Lipinski definition) is 4. The Kier molecular flexibility index (Phi) is 4.50. The molecule has 0 spiro atoms. The number of rotatable bonds is 6. The van der Waals surface area contributed by atoms with Crippen LogP contribution in [0.25, 0.3) is 0 Å². The molecule has 0 saturated carbocycles. The molecule has 5 nitrogen and oxygen atoms in total. The van der Waals surface area contributed by atoms with Crippen LogP contribution in [0.5, 0.6) is 0 Å². The normalized spacial score (nSPS) is 23.7. The van der Waals surface area contributed by atoms with Crippen LogP contribution in [0.4, 0.5) is 0 Å². The van der Waals surface area contributed by atoms with Crippen molar-refractivity contribution < 1.29 is 18.3 Å². The lowest BCUT2D eigenvalue weighted by Crippen LogP contribution is -2.17. The van der Waals surface area contributed by atoms with E-state index in [0.717, 1.165) is 11.1 Å². The van der Waals surface area contributed by atoms with Crippen LogP contribution in [0.2, 0.25) is 0 Å². The van der Waals surface area contributed by atoms with E-state index in [4.69, 9.17) is 4.74 Å². The van der Waals surface area contributed by atoms with Crippen LogP contribution in [-0.4, -0.2) is 36.7 Å². The van der Waals surface area contributed by atoms with Crippen LogP contribution in [0.1, 0.15) is 11.1 Å². The Morgan fingerprint density at radius 1 is 1.09 bits per heavy atom. The number of nitrogens with zero attached hydrogens (tertiary/aromatic N) is 1. The fourth-order valence-corrected chi connectivity index (χ4v) is 4.16. The molecule has 1 fully saturated rings. The van der Waals surface area contributed by atoms with Gasteiger partial charge in [0, 0.05) is 0 Å². The second kappa shape index (κ2) is 6.41. The predicted octanol–water partition coefficient (Wildman–Crippen LogP) is 1.90. The summed E-state index contributed by atoms with van der Waals surface area (Å²) in [5.41, 5.74) is 1.95. The van der Waals surface area contributed by atoms with Crippen molar-refractivity contribution in [2.24, 2.45) is 0 Å². The van der Waals surface area contributed by atoms with Crippen molar-refractivity contribution >= 4 is 10.0 Å². The van der Waals surface area contributed by atoms with Crippen molar-refractivity contribution in [1.82, 2.24) is 4.31 Å². The van der Waals surface area contributed by atoms with Crippen molar-refractivity contribution in [2.45, 2.75) is 30.7 Å². The summed E-state index contributed by atoms with van der Waals surface area (Å²) in [6.45, 7) is 1.95. The Balaban J connectivity index is 1.73. The molecule has 3 rings (SSSR count). The molecule has 3 atom stereocenters. The minimum absolute atomic E-state index is 0.215. The largest absolute Gasteiger partial charge is 0.395 e. The molecule has 0 aliphatic carbocycles. The van der Waals surface area contributed by atoms with Crippen molar-refractivity contribution in [2.75, 3.05) is 6.61 Å². The van der Waals surface area contributed by atoms with E-state index in [1.165, 1.54) is 4.31 Å². The fourth-order valence-electron chi connectivity index (χ4n) is 2.49. The minimum atomic E-state index is -3.65. The van der Waals surface area contributed by atoms with Gasteiger partial charge in [-0.1, -0.05) is 48.0 Å². The molecule has 1 N–H and O–H groups in total. The van der Waals surface area contributed by atoms with Crippen molar-refractivity contribution in [3.63, 3.8) is 0 Å². The number of ether oxygens (including phenoxy) is 1. The lowest BCUT2D eigenvalue weighted by atomic mass is 10.2. The smallest absolute Gasteiger partial charge is 0.245 e. The third-order valence-electron chi connectivity index (χ3n) is 3.86. The third kappa shape index (κ3) is 3.30. The van der Waals surface area contributed by atoms with Gasteiger partial charge in [0.1, 0.15) is 6.23 Å². The summed E-state index contributed by atoms with van der Waals surface area (Å²) >= 11 is 0. The molecule has 0 bridgehead atoms. The number of aliphatic hydroxyl groups is 1. The monoisotopic (exact) mass is 333 g/mol. The van der Waals surface area contributed by atoms with Gasteiger partial charge in [0.15, 0.2) is 0 Å². The first-order valence-electron chi connectivity index (χ1n) is 7.40. The quantitative estimate of drug-likeness (QED) is 0.820. The van der Waals surface area contributed by atoms with E-state index >= 15 is 0 Å². The van der Waals surface area contributed by atoms with Crippen LogP contribution in [0.15, 0.2) is 59.5 Å². The van der Waals surface area contributed by atoms with Gasteiger partial charge in [0.25, 0.3) is 0 Å². The van der Waals surface area contributed by atoms with Gasteiger partial charge in [-0.2, -0.15) is 4.31 Å². The third-order valence-corrected chi connectivity index (χ3v) is 5.77. The Bertz CT molecular complexity index is 759. The summed E-state index contributed by atoms with van der Waals surface area (Å²) in [6.07, 6.45) is -0.619. The molecule has 6 heteroatoms. The molecule has 2 aromatic rings. The van der Waals surface area contributed by atoms with E-state index < -0.39 is 22.3 Å². The van der Waals surface area contributed by atoms with E-state index in [9.17, 15) is 13.5 Å². The van der Waals surface area contributed by atoms with Crippen molar-refractivity contribution in [3.05, 3.63) is 65.7 Å². The summed E-state index contributed by atoms with van der Waals surface area (Å²) in [5.74, 6) is 0. The maximum Gasteiger partial charge on any atom is 0.245 e. The van der Waals surface area contributed by atoms with E-state index in [-0.39, 0.29) is 11.5 Å². The lowest BCUT2D eigenvalue weighted by molar-refractivity contribution is 0.0803. The second-order valence-corrected chi connectivity index (χ2v) is 7.43. The fraction of sp³-hybridized carbons (Fsp3) is 0.294. The van der Waals surface area contributed by atoms with Gasteiger partial charge >= 0.3 is 0 Å². The van der Waals surface area contributed by atoms with Crippen LogP contribution < -0.4 is 0 Å². The molecule has 0 radical (unpaired) electrons. The highest BCUT2D eigenvalue weighted by Crippen LogP contribution is 2.36. The van der Waals surface area contributed by atoms with Gasteiger partial charge in [-0.25, -0.2) is 8.42 Å². The SMILES string of the molecule is Cc1ccc(S(=O)(=O)N2[C@H](CO)[C@H]2OCc2ccccc2)cc1. The Labute approximate surface area is 136 Å². The zero-order valence-electron chi connectivity index (χ0n) is 12.8. The van der Waals surface area contributed by atoms with Gasteiger partial charge in [0.05, 0.1) is 24.2 Å². The maximum absolute atomic E-state index is 12.6. The Morgan fingerprint density at radius 3 is 2.35 bits per heavy atom. The predicted molar refractivity (Wildman–Crippen MR) is 86.1 cm³/mol. The average Bonchev–Trinajstić information content (AvgIpc) is 3.28. The zero-order valence-corrected chi connectivity index (χ0v) is 13.6. The number of sulfonamides is 1. The zero-order chi connectivity index (χ0) is 16.4. The van der Waals surface area contributed by atoms with Gasteiger partial charge in [-0.15, -0.1) is 0 Å². The molecule has 0 aromatic heterocycles. The van der Waals surface area contributed by atoms with Crippen LogP contribution in [0, 0.1) is 6.92 Å². The van der Waals surface area contributed by atoms with Crippen LogP contribution in [-0.2, 0) is 21.4 Å². The summed E-state index contributed by atoms with van der Waals surface area (Å²) in [5, 5.41) is 9.41. The van der Waals surface area contributed by atoms with Gasteiger partial charge in [0.2, 0.25) is 10.0 Å². The molecule has 23 heavy (non-hydrogen) atoms. The molecular formula is C17H19NO4S. The van der Waals surface area contributed by atoms with Crippen LogP contribution in [0.3, 0.4) is 0 Å². The highest BCUT2D eigenvalue weighted by molar-refractivity contribution is 7.89. The summed E-state index contributed by atoms with van der Waals surface area (Å²) < 4.78 is 32.2. The maximum atomic E-state index is 12.6. The number of aryl methyl sites for hydroxylation is 1. The summed E-state index contributed by atoms with van der Waals surface area (Å²) in [4.78, 5) is 0.215. The van der Waals surface area contributed by atoms with E-state index in [0.29, 0.717) is 6.61 Å². The molecule has 1 aliphatic heterocycles.